The Balaban J connectivity index is 1.82. The highest BCUT2D eigenvalue weighted by molar-refractivity contribution is 5.80. The van der Waals surface area contributed by atoms with Gasteiger partial charge >= 0.3 is 0 Å². The summed E-state index contributed by atoms with van der Waals surface area (Å²) in [7, 11) is 1.80. The number of rotatable bonds is 4. The molecule has 3 heterocycles. The lowest BCUT2D eigenvalue weighted by molar-refractivity contribution is 0.630. The van der Waals surface area contributed by atoms with Gasteiger partial charge in [0, 0.05) is 19.4 Å². The standard InChI is InChI=1S/C26H21N5O2/c1-18-24(26(33)31(29(18)2)20-10-4-3-5-11-20)30-23(15-14-19-9-8-16-27-17-19)28-22-13-7-6-12-21(22)25(30)32/h3-17H,1-2H3/b15-14+. The predicted octanol–water partition coefficient (Wildman–Crippen LogP) is 3.75. The fourth-order valence-corrected chi connectivity index (χ4v) is 3.93. The van der Waals surface area contributed by atoms with E-state index >= 15 is 0 Å². The summed E-state index contributed by atoms with van der Waals surface area (Å²) < 4.78 is 4.72. The highest BCUT2D eigenvalue weighted by Gasteiger charge is 2.22. The maximum atomic E-state index is 13.6. The Labute approximate surface area is 189 Å². The summed E-state index contributed by atoms with van der Waals surface area (Å²) in [6.45, 7) is 1.83. The van der Waals surface area contributed by atoms with Crippen LogP contribution in [0.4, 0.5) is 0 Å². The first-order valence-electron chi connectivity index (χ1n) is 10.5. The summed E-state index contributed by atoms with van der Waals surface area (Å²) in [6.07, 6.45) is 6.98. The second-order valence-corrected chi connectivity index (χ2v) is 7.66. The van der Waals surface area contributed by atoms with Gasteiger partial charge in [-0.05, 0) is 55.0 Å². The van der Waals surface area contributed by atoms with Crippen molar-refractivity contribution in [3.8, 4) is 11.4 Å². The number of benzene rings is 2. The van der Waals surface area contributed by atoms with E-state index in [2.05, 4.69) is 4.98 Å². The first-order valence-corrected chi connectivity index (χ1v) is 10.5. The molecule has 0 saturated heterocycles. The van der Waals surface area contributed by atoms with Gasteiger partial charge in [-0.15, -0.1) is 0 Å². The minimum absolute atomic E-state index is 0.274. The van der Waals surface area contributed by atoms with Crippen LogP contribution < -0.4 is 11.1 Å². The molecule has 3 aromatic heterocycles. The van der Waals surface area contributed by atoms with Gasteiger partial charge in [-0.3, -0.25) is 23.8 Å². The minimum atomic E-state index is -0.295. The summed E-state index contributed by atoms with van der Waals surface area (Å²) in [6, 6.07) is 20.2. The predicted molar refractivity (Wildman–Crippen MR) is 130 cm³/mol. The normalized spacial score (nSPS) is 11.5. The van der Waals surface area contributed by atoms with Crippen LogP contribution in [0.3, 0.4) is 0 Å². The SMILES string of the molecule is Cc1c(-n2c(/C=C/c3cccnc3)nc3ccccc3c2=O)c(=O)n(-c2ccccc2)n1C. The van der Waals surface area contributed by atoms with Crippen molar-refractivity contribution < 1.29 is 0 Å². The van der Waals surface area contributed by atoms with Crippen LogP contribution >= 0.6 is 0 Å². The van der Waals surface area contributed by atoms with Crippen molar-refractivity contribution in [2.45, 2.75) is 6.92 Å². The maximum absolute atomic E-state index is 13.6. The number of pyridine rings is 1. The first kappa shape index (κ1) is 20.4. The minimum Gasteiger partial charge on any atom is -0.283 e. The summed E-state index contributed by atoms with van der Waals surface area (Å²) >= 11 is 0. The van der Waals surface area contributed by atoms with Crippen molar-refractivity contribution in [1.29, 1.82) is 0 Å². The summed E-state index contributed by atoms with van der Waals surface area (Å²) in [5.41, 5.74) is 2.48. The molecular weight excluding hydrogens is 414 g/mol. The molecule has 5 aromatic rings. The first-order chi connectivity index (χ1) is 16.1. The van der Waals surface area contributed by atoms with E-state index in [9.17, 15) is 9.59 Å². The van der Waals surface area contributed by atoms with Gasteiger partial charge in [0.15, 0.2) is 0 Å². The van der Waals surface area contributed by atoms with Crippen LogP contribution in [0.5, 0.6) is 0 Å². The molecule has 33 heavy (non-hydrogen) atoms. The Hall–Kier alpha value is -4.52. The number of hydrogen-bond acceptors (Lipinski definition) is 4. The van der Waals surface area contributed by atoms with Gasteiger partial charge in [0.1, 0.15) is 11.5 Å². The third-order valence-electron chi connectivity index (χ3n) is 5.66. The average Bonchev–Trinajstić information content (AvgIpc) is 3.07. The van der Waals surface area contributed by atoms with Gasteiger partial charge in [0.2, 0.25) is 0 Å². The lowest BCUT2D eigenvalue weighted by Crippen LogP contribution is -2.28. The Kier molecular flexibility index (Phi) is 5.06. The number of para-hydroxylation sites is 2. The topological polar surface area (TPSA) is 74.7 Å². The van der Waals surface area contributed by atoms with Gasteiger partial charge in [-0.2, -0.15) is 0 Å². The summed E-state index contributed by atoms with van der Waals surface area (Å²) in [5.74, 6) is 0.369. The smallest absolute Gasteiger partial charge is 0.283 e. The van der Waals surface area contributed by atoms with Crippen molar-refractivity contribution in [3.05, 3.63) is 117 Å². The number of nitrogens with zero attached hydrogens (tertiary/aromatic N) is 5. The van der Waals surface area contributed by atoms with E-state index in [0.29, 0.717) is 28.1 Å². The molecule has 0 N–H and O–H groups in total. The van der Waals surface area contributed by atoms with Crippen LogP contribution in [-0.2, 0) is 7.05 Å². The van der Waals surface area contributed by atoms with E-state index in [0.717, 1.165) is 5.56 Å². The van der Waals surface area contributed by atoms with Crippen molar-refractivity contribution >= 4 is 23.1 Å². The molecule has 162 valence electrons. The van der Waals surface area contributed by atoms with Crippen LogP contribution in [0.2, 0.25) is 0 Å². The molecule has 0 aliphatic rings. The Morgan fingerprint density at radius 3 is 2.36 bits per heavy atom. The molecule has 0 spiro atoms. The van der Waals surface area contributed by atoms with Gasteiger partial charge < -0.3 is 0 Å². The second-order valence-electron chi connectivity index (χ2n) is 7.66. The summed E-state index contributed by atoms with van der Waals surface area (Å²) in [5, 5.41) is 0.449. The van der Waals surface area contributed by atoms with Crippen LogP contribution in [0, 0.1) is 6.92 Å². The number of aromatic nitrogens is 5. The highest BCUT2D eigenvalue weighted by atomic mass is 16.1. The number of hydrogen-bond donors (Lipinski definition) is 0. The van der Waals surface area contributed by atoms with Crippen molar-refractivity contribution in [2.24, 2.45) is 7.05 Å². The summed E-state index contributed by atoms with van der Waals surface area (Å²) in [4.78, 5) is 36.1. The van der Waals surface area contributed by atoms with Crippen LogP contribution in [-0.4, -0.2) is 23.9 Å². The maximum Gasteiger partial charge on any atom is 0.296 e. The fraction of sp³-hybridized carbons (Fsp3) is 0.0769. The monoisotopic (exact) mass is 435 g/mol. The molecule has 0 radical (unpaired) electrons. The highest BCUT2D eigenvalue weighted by Crippen LogP contribution is 2.18. The zero-order valence-electron chi connectivity index (χ0n) is 18.2. The van der Waals surface area contributed by atoms with E-state index in [1.807, 2.05) is 61.5 Å². The van der Waals surface area contributed by atoms with Gasteiger partial charge in [0.25, 0.3) is 11.1 Å². The molecule has 0 unspecified atom stereocenters. The fourth-order valence-electron chi connectivity index (χ4n) is 3.93. The third kappa shape index (κ3) is 3.49. The number of fused-ring (bicyclic) bond motifs is 1. The third-order valence-corrected chi connectivity index (χ3v) is 5.66. The molecule has 0 atom stereocenters. The van der Waals surface area contributed by atoms with Gasteiger partial charge in [0.05, 0.1) is 22.3 Å². The average molecular weight is 435 g/mol. The second kappa shape index (κ2) is 8.20. The van der Waals surface area contributed by atoms with E-state index in [-0.39, 0.29) is 16.8 Å². The van der Waals surface area contributed by atoms with Gasteiger partial charge in [-0.25, -0.2) is 9.67 Å². The Morgan fingerprint density at radius 1 is 0.848 bits per heavy atom. The molecule has 2 aromatic carbocycles. The van der Waals surface area contributed by atoms with Gasteiger partial charge in [-0.1, -0.05) is 36.4 Å². The van der Waals surface area contributed by atoms with E-state index < -0.39 is 0 Å². The largest absolute Gasteiger partial charge is 0.296 e. The molecule has 0 bridgehead atoms. The quantitative estimate of drug-likeness (QED) is 0.431. The van der Waals surface area contributed by atoms with E-state index in [1.54, 1.807) is 53.1 Å². The van der Waals surface area contributed by atoms with E-state index in [4.69, 9.17) is 4.98 Å². The Bertz CT molecular complexity index is 1610. The Morgan fingerprint density at radius 2 is 1.61 bits per heavy atom. The molecule has 7 heteroatoms. The van der Waals surface area contributed by atoms with Crippen molar-refractivity contribution in [3.63, 3.8) is 0 Å². The van der Waals surface area contributed by atoms with Crippen LogP contribution in [0.25, 0.3) is 34.4 Å². The van der Waals surface area contributed by atoms with Crippen molar-refractivity contribution in [1.82, 2.24) is 23.9 Å². The van der Waals surface area contributed by atoms with Crippen LogP contribution in [0.15, 0.2) is 88.7 Å². The molecule has 0 aliphatic heterocycles. The lowest BCUT2D eigenvalue weighted by atomic mass is 10.2. The zero-order valence-corrected chi connectivity index (χ0v) is 18.2. The molecule has 0 saturated carbocycles. The lowest BCUT2D eigenvalue weighted by Gasteiger charge is -2.10. The molecule has 0 fully saturated rings. The van der Waals surface area contributed by atoms with Crippen LogP contribution in [0.1, 0.15) is 17.1 Å². The molecule has 0 aliphatic carbocycles. The molecular formula is C26H21N5O2. The van der Waals surface area contributed by atoms with E-state index in [1.165, 1.54) is 4.57 Å². The molecule has 0 amide bonds. The molecule has 5 rings (SSSR count). The molecule has 7 nitrogen and oxygen atoms in total. The zero-order chi connectivity index (χ0) is 22.9. The van der Waals surface area contributed by atoms with Crippen molar-refractivity contribution in [2.75, 3.05) is 0 Å².